The number of rotatable bonds is 6. The van der Waals surface area contributed by atoms with Gasteiger partial charge in [0, 0.05) is 55.4 Å². The molecule has 0 saturated heterocycles. The van der Waals surface area contributed by atoms with Crippen LogP contribution in [0.5, 0.6) is 0 Å². The molecule has 280 valence electrons. The summed E-state index contributed by atoms with van der Waals surface area (Å²) in [5, 5.41) is 4.74. The molecule has 0 N–H and O–H groups in total. The SMILES string of the molecule is c1ccc(-c2nc(-c3ccccc3)nc(-c3ccc4c5c(cccc35)-c3cccc(-c5cccc(-n6c7ccccc7c7ccccc76)c5)c3N4c3ccccc3)n2)cc1. The Labute approximate surface area is 347 Å². The van der Waals surface area contributed by atoms with Crippen LogP contribution in [-0.2, 0) is 0 Å². The van der Waals surface area contributed by atoms with E-state index in [0.717, 1.165) is 61.3 Å². The molecule has 5 nitrogen and oxygen atoms in total. The molecule has 1 aliphatic rings. The lowest BCUT2D eigenvalue weighted by molar-refractivity contribution is 1.08. The van der Waals surface area contributed by atoms with Crippen molar-refractivity contribution in [2.75, 3.05) is 4.90 Å². The van der Waals surface area contributed by atoms with Gasteiger partial charge in [-0.3, -0.25) is 0 Å². The standard InChI is InChI=1S/C55H35N5/c1-4-17-36(18-5-1)53-56-54(37-19-6-2-7-20-37)58-55(57-53)47-33-34-50-51-44(28-16-29-45(47)51)46-30-15-27-41(52(46)60(50)39-22-8-3-9-23-39)38-21-14-24-40(35-38)59-48-31-12-10-25-42(48)43-26-11-13-32-49(43)59/h1-35H. The van der Waals surface area contributed by atoms with Crippen LogP contribution in [0.25, 0.3) is 94.7 Å². The first-order chi connectivity index (χ1) is 29.8. The quantitative estimate of drug-likeness (QED) is 0.169. The zero-order valence-corrected chi connectivity index (χ0v) is 32.4. The van der Waals surface area contributed by atoms with Gasteiger partial charge in [-0.05, 0) is 65.0 Å². The van der Waals surface area contributed by atoms with Gasteiger partial charge in [0.15, 0.2) is 17.5 Å². The second-order valence-corrected chi connectivity index (χ2v) is 15.2. The number of aromatic nitrogens is 4. The third kappa shape index (κ3) is 5.37. The summed E-state index contributed by atoms with van der Waals surface area (Å²) in [6, 6.07) is 75.2. The third-order valence-electron chi connectivity index (χ3n) is 11.8. The fourth-order valence-corrected chi connectivity index (χ4v) is 9.14. The highest BCUT2D eigenvalue weighted by atomic mass is 15.2. The second kappa shape index (κ2) is 13.8. The minimum absolute atomic E-state index is 0.638. The maximum absolute atomic E-state index is 5.16. The molecule has 60 heavy (non-hydrogen) atoms. The Balaban J connectivity index is 1.08. The maximum atomic E-state index is 5.16. The molecule has 0 fully saturated rings. The molecule has 0 radical (unpaired) electrons. The monoisotopic (exact) mass is 765 g/mol. The molecule has 1 aliphatic heterocycles. The fraction of sp³-hybridized carbons (Fsp3) is 0. The van der Waals surface area contributed by atoms with Crippen molar-refractivity contribution >= 4 is 49.6 Å². The molecule has 0 bridgehead atoms. The van der Waals surface area contributed by atoms with Gasteiger partial charge in [-0.25, -0.2) is 15.0 Å². The first-order valence-electron chi connectivity index (χ1n) is 20.3. The zero-order valence-electron chi connectivity index (χ0n) is 32.4. The van der Waals surface area contributed by atoms with Crippen LogP contribution in [0.3, 0.4) is 0 Å². The highest BCUT2D eigenvalue weighted by molar-refractivity contribution is 6.19. The predicted octanol–water partition coefficient (Wildman–Crippen LogP) is 14.2. The largest absolute Gasteiger partial charge is 0.309 e. The first kappa shape index (κ1) is 33.9. The number of benzene rings is 9. The molecule has 9 aromatic carbocycles. The summed E-state index contributed by atoms with van der Waals surface area (Å²) in [7, 11) is 0. The number of hydrogen-bond donors (Lipinski definition) is 0. The van der Waals surface area contributed by atoms with E-state index in [9.17, 15) is 0 Å². The summed E-state index contributed by atoms with van der Waals surface area (Å²) >= 11 is 0. The van der Waals surface area contributed by atoms with E-state index in [-0.39, 0.29) is 0 Å². The van der Waals surface area contributed by atoms with Gasteiger partial charge in [-0.1, -0.05) is 164 Å². The first-order valence-corrected chi connectivity index (χ1v) is 20.3. The maximum Gasteiger partial charge on any atom is 0.164 e. The smallest absolute Gasteiger partial charge is 0.164 e. The molecule has 0 amide bonds. The van der Waals surface area contributed by atoms with Gasteiger partial charge in [0.2, 0.25) is 0 Å². The highest BCUT2D eigenvalue weighted by Crippen LogP contribution is 2.55. The van der Waals surface area contributed by atoms with Crippen molar-refractivity contribution in [3.63, 3.8) is 0 Å². The summed E-state index contributed by atoms with van der Waals surface area (Å²) in [6.07, 6.45) is 0. The van der Waals surface area contributed by atoms with Crippen molar-refractivity contribution in [1.82, 2.24) is 19.5 Å². The Bertz CT molecular complexity index is 3320. The fourth-order valence-electron chi connectivity index (χ4n) is 9.14. The van der Waals surface area contributed by atoms with Gasteiger partial charge < -0.3 is 9.47 Å². The van der Waals surface area contributed by atoms with Crippen LogP contribution >= 0.6 is 0 Å². The minimum atomic E-state index is 0.638. The van der Waals surface area contributed by atoms with E-state index in [0.29, 0.717) is 17.5 Å². The summed E-state index contributed by atoms with van der Waals surface area (Å²) in [5.74, 6) is 1.92. The lowest BCUT2D eigenvalue weighted by Crippen LogP contribution is -2.16. The predicted molar refractivity (Wildman–Crippen MR) is 247 cm³/mol. The average molecular weight is 766 g/mol. The Kier molecular flexibility index (Phi) is 7.78. The molecule has 0 unspecified atom stereocenters. The van der Waals surface area contributed by atoms with Crippen molar-refractivity contribution in [2.24, 2.45) is 0 Å². The lowest BCUT2D eigenvalue weighted by Gasteiger charge is -2.35. The van der Waals surface area contributed by atoms with Gasteiger partial charge >= 0.3 is 0 Å². The Morgan fingerprint density at radius 2 is 0.817 bits per heavy atom. The molecule has 0 saturated carbocycles. The van der Waals surface area contributed by atoms with Gasteiger partial charge in [0.1, 0.15) is 0 Å². The van der Waals surface area contributed by atoms with E-state index in [1.165, 1.54) is 32.9 Å². The van der Waals surface area contributed by atoms with Crippen molar-refractivity contribution < 1.29 is 0 Å². The third-order valence-corrected chi connectivity index (χ3v) is 11.8. The summed E-state index contributed by atoms with van der Waals surface area (Å²) in [4.78, 5) is 17.7. The Morgan fingerprint density at radius 1 is 0.317 bits per heavy atom. The minimum Gasteiger partial charge on any atom is -0.309 e. The number of nitrogens with zero attached hydrogens (tertiary/aromatic N) is 5. The second-order valence-electron chi connectivity index (χ2n) is 15.2. The molecule has 12 rings (SSSR count). The average Bonchev–Trinajstić information content (AvgIpc) is 3.67. The molecule has 0 atom stereocenters. The van der Waals surface area contributed by atoms with Crippen LogP contribution in [0, 0.1) is 0 Å². The van der Waals surface area contributed by atoms with Crippen molar-refractivity contribution in [3.8, 4) is 62.1 Å². The van der Waals surface area contributed by atoms with E-state index in [1.807, 2.05) is 36.4 Å². The van der Waals surface area contributed by atoms with Crippen LogP contribution in [-0.4, -0.2) is 19.5 Å². The van der Waals surface area contributed by atoms with Crippen molar-refractivity contribution in [1.29, 1.82) is 0 Å². The molecule has 0 spiro atoms. The topological polar surface area (TPSA) is 46.8 Å². The number of hydrogen-bond acceptors (Lipinski definition) is 4. The lowest BCUT2D eigenvalue weighted by atomic mass is 9.86. The van der Waals surface area contributed by atoms with Crippen LogP contribution in [0.4, 0.5) is 17.1 Å². The molecule has 5 heteroatoms. The summed E-state index contributed by atoms with van der Waals surface area (Å²) < 4.78 is 2.39. The van der Waals surface area contributed by atoms with Crippen molar-refractivity contribution in [2.45, 2.75) is 0 Å². The van der Waals surface area contributed by atoms with E-state index in [2.05, 4.69) is 185 Å². The van der Waals surface area contributed by atoms with Crippen LogP contribution < -0.4 is 4.90 Å². The van der Waals surface area contributed by atoms with E-state index in [1.54, 1.807) is 0 Å². The normalized spacial score (nSPS) is 12.0. The Morgan fingerprint density at radius 3 is 1.50 bits per heavy atom. The number of fused-ring (bicyclic) bond motifs is 5. The van der Waals surface area contributed by atoms with Gasteiger partial charge in [0.25, 0.3) is 0 Å². The molecule has 2 aromatic heterocycles. The van der Waals surface area contributed by atoms with Gasteiger partial charge in [0.05, 0.1) is 22.4 Å². The molecular formula is C55H35N5. The summed E-state index contributed by atoms with van der Waals surface area (Å²) in [5.41, 5.74) is 14.3. The van der Waals surface area contributed by atoms with Crippen LogP contribution in [0.1, 0.15) is 0 Å². The van der Waals surface area contributed by atoms with Crippen LogP contribution in [0.15, 0.2) is 212 Å². The number of para-hydroxylation sites is 4. The highest BCUT2D eigenvalue weighted by Gasteiger charge is 2.30. The summed E-state index contributed by atoms with van der Waals surface area (Å²) in [6.45, 7) is 0. The Hall–Kier alpha value is -8.15. The number of anilines is 3. The van der Waals surface area contributed by atoms with E-state index in [4.69, 9.17) is 15.0 Å². The van der Waals surface area contributed by atoms with Gasteiger partial charge in [-0.2, -0.15) is 0 Å². The van der Waals surface area contributed by atoms with Crippen molar-refractivity contribution in [3.05, 3.63) is 212 Å². The van der Waals surface area contributed by atoms with Gasteiger partial charge in [-0.15, -0.1) is 0 Å². The molecule has 0 aliphatic carbocycles. The van der Waals surface area contributed by atoms with Crippen LogP contribution in [0.2, 0.25) is 0 Å². The molecular weight excluding hydrogens is 731 g/mol. The zero-order chi connectivity index (χ0) is 39.6. The van der Waals surface area contributed by atoms with E-state index >= 15 is 0 Å². The molecule has 11 aromatic rings. The molecule has 3 heterocycles. The van der Waals surface area contributed by atoms with E-state index < -0.39 is 0 Å².